The van der Waals surface area contributed by atoms with Gasteiger partial charge >= 0.3 is 0 Å². The Hall–Kier alpha value is -2.52. The van der Waals surface area contributed by atoms with Gasteiger partial charge in [-0.05, 0) is 12.5 Å². The number of para-hydroxylation sites is 1. The van der Waals surface area contributed by atoms with E-state index in [9.17, 15) is 10.1 Å². The number of benzene rings is 1. The molecule has 0 N–H and O–H groups in total. The smallest absolute Gasteiger partial charge is 0.292 e. The summed E-state index contributed by atoms with van der Waals surface area (Å²) in [5.74, 6) is 1.09. The Balaban J connectivity index is 1.63. The first kappa shape index (κ1) is 17.3. The van der Waals surface area contributed by atoms with Crippen LogP contribution in [0.3, 0.4) is 0 Å². The summed E-state index contributed by atoms with van der Waals surface area (Å²) in [5.41, 5.74) is 1.80. The van der Waals surface area contributed by atoms with Gasteiger partial charge < -0.3 is 14.2 Å². The highest BCUT2D eigenvalue weighted by molar-refractivity contribution is 5.67. The van der Waals surface area contributed by atoms with Crippen molar-refractivity contribution in [2.75, 3.05) is 38.2 Å². The Bertz CT molecular complexity index is 740. The normalized spacial score (nSPS) is 15.5. The first-order valence-corrected chi connectivity index (χ1v) is 8.10. The van der Waals surface area contributed by atoms with Crippen LogP contribution in [0, 0.1) is 17.0 Å². The topological polar surface area (TPSA) is 97.8 Å². The van der Waals surface area contributed by atoms with E-state index in [0.29, 0.717) is 43.6 Å². The monoisotopic (exact) mass is 347 g/mol. The van der Waals surface area contributed by atoms with Gasteiger partial charge in [0.25, 0.3) is 5.69 Å². The molecule has 1 fully saturated rings. The van der Waals surface area contributed by atoms with Gasteiger partial charge in [-0.25, -0.2) is 0 Å². The Kier molecular flexibility index (Phi) is 5.25. The fourth-order valence-electron chi connectivity index (χ4n) is 3.07. The van der Waals surface area contributed by atoms with E-state index >= 15 is 0 Å². The van der Waals surface area contributed by atoms with Crippen molar-refractivity contribution in [1.82, 2.24) is 15.0 Å². The molecule has 0 unspecified atom stereocenters. The van der Waals surface area contributed by atoms with Crippen LogP contribution in [0.2, 0.25) is 0 Å². The van der Waals surface area contributed by atoms with Crippen LogP contribution in [-0.2, 0) is 17.9 Å². The van der Waals surface area contributed by atoms with Gasteiger partial charge in [0.15, 0.2) is 5.82 Å². The molecular weight excluding hydrogens is 326 g/mol. The molecule has 9 nitrogen and oxygen atoms in total. The molecule has 0 atom stereocenters. The highest BCUT2D eigenvalue weighted by atomic mass is 16.6. The Morgan fingerprint density at radius 1 is 1.32 bits per heavy atom. The summed E-state index contributed by atoms with van der Waals surface area (Å²) in [6.45, 7) is 5.77. The zero-order valence-corrected chi connectivity index (χ0v) is 14.3. The molecule has 2 aromatic rings. The van der Waals surface area contributed by atoms with Crippen molar-refractivity contribution in [2.45, 2.75) is 20.1 Å². The summed E-state index contributed by atoms with van der Waals surface area (Å²) in [7, 11) is 1.58. The van der Waals surface area contributed by atoms with Crippen molar-refractivity contribution in [3.8, 4) is 0 Å². The van der Waals surface area contributed by atoms with E-state index in [4.69, 9.17) is 9.26 Å². The quantitative estimate of drug-likeness (QED) is 0.576. The van der Waals surface area contributed by atoms with Gasteiger partial charge in [0.2, 0.25) is 5.89 Å². The number of piperazine rings is 1. The lowest BCUT2D eigenvalue weighted by Gasteiger charge is -2.35. The lowest BCUT2D eigenvalue weighted by molar-refractivity contribution is -0.384. The van der Waals surface area contributed by atoms with Gasteiger partial charge in [-0.3, -0.25) is 15.0 Å². The van der Waals surface area contributed by atoms with Gasteiger partial charge in [-0.1, -0.05) is 17.3 Å². The van der Waals surface area contributed by atoms with Gasteiger partial charge in [-0.15, -0.1) is 0 Å². The first-order valence-electron chi connectivity index (χ1n) is 8.10. The second-order valence-electron chi connectivity index (χ2n) is 6.00. The minimum absolute atomic E-state index is 0.162. The van der Waals surface area contributed by atoms with Crippen LogP contribution in [0.15, 0.2) is 22.7 Å². The number of hydrogen-bond acceptors (Lipinski definition) is 8. The molecule has 25 heavy (non-hydrogen) atoms. The number of rotatable bonds is 6. The molecule has 1 aliphatic rings. The third-order valence-corrected chi connectivity index (χ3v) is 4.24. The molecule has 0 aliphatic carbocycles. The third-order valence-electron chi connectivity index (χ3n) is 4.24. The molecule has 2 heterocycles. The van der Waals surface area contributed by atoms with E-state index < -0.39 is 0 Å². The van der Waals surface area contributed by atoms with Crippen molar-refractivity contribution < 1.29 is 14.2 Å². The maximum absolute atomic E-state index is 11.3. The molecule has 1 aromatic carbocycles. The second-order valence-corrected chi connectivity index (χ2v) is 6.00. The minimum atomic E-state index is -0.315. The molecule has 0 bridgehead atoms. The SMILES string of the molecule is COCc1noc(CN2CCN(c3c(C)cccc3[N+](=O)[O-])CC2)n1. The van der Waals surface area contributed by atoms with E-state index in [1.807, 2.05) is 13.0 Å². The number of methoxy groups -OCH3 is 1. The van der Waals surface area contributed by atoms with Crippen LogP contribution in [0.25, 0.3) is 0 Å². The van der Waals surface area contributed by atoms with Gasteiger partial charge in [0, 0.05) is 39.4 Å². The summed E-state index contributed by atoms with van der Waals surface area (Å²) in [6.07, 6.45) is 0. The van der Waals surface area contributed by atoms with E-state index in [2.05, 4.69) is 19.9 Å². The molecule has 134 valence electrons. The van der Waals surface area contributed by atoms with E-state index in [1.54, 1.807) is 19.2 Å². The Morgan fingerprint density at radius 2 is 2.08 bits per heavy atom. The fourth-order valence-corrected chi connectivity index (χ4v) is 3.07. The van der Waals surface area contributed by atoms with Crippen LogP contribution < -0.4 is 4.90 Å². The number of anilines is 1. The molecule has 1 saturated heterocycles. The van der Waals surface area contributed by atoms with Crippen molar-refractivity contribution in [1.29, 1.82) is 0 Å². The third kappa shape index (κ3) is 3.94. The summed E-state index contributed by atoms with van der Waals surface area (Å²) < 4.78 is 10.2. The number of aryl methyl sites for hydroxylation is 1. The fraction of sp³-hybridized carbons (Fsp3) is 0.500. The maximum atomic E-state index is 11.3. The summed E-state index contributed by atoms with van der Waals surface area (Å²) >= 11 is 0. The average Bonchev–Trinajstić information content (AvgIpc) is 3.03. The molecular formula is C16H21N5O4. The van der Waals surface area contributed by atoms with Crippen molar-refractivity contribution >= 4 is 11.4 Å². The van der Waals surface area contributed by atoms with Crippen LogP contribution in [0.5, 0.6) is 0 Å². The van der Waals surface area contributed by atoms with Crippen LogP contribution in [-0.4, -0.2) is 53.3 Å². The number of nitro benzene ring substituents is 1. The zero-order valence-electron chi connectivity index (χ0n) is 14.3. The number of aromatic nitrogens is 2. The predicted molar refractivity (Wildman–Crippen MR) is 90.3 cm³/mol. The Labute approximate surface area is 145 Å². The van der Waals surface area contributed by atoms with Crippen molar-refractivity contribution in [3.05, 3.63) is 45.6 Å². The van der Waals surface area contributed by atoms with Crippen molar-refractivity contribution in [3.63, 3.8) is 0 Å². The number of nitrogens with zero attached hydrogens (tertiary/aromatic N) is 5. The van der Waals surface area contributed by atoms with E-state index in [1.165, 1.54) is 0 Å². The number of hydrogen-bond donors (Lipinski definition) is 0. The lowest BCUT2D eigenvalue weighted by Crippen LogP contribution is -2.46. The molecule has 9 heteroatoms. The Morgan fingerprint density at radius 3 is 2.76 bits per heavy atom. The number of nitro groups is 1. The van der Waals surface area contributed by atoms with Gasteiger partial charge in [0.1, 0.15) is 12.3 Å². The van der Waals surface area contributed by atoms with E-state index in [-0.39, 0.29) is 10.6 Å². The number of ether oxygens (including phenoxy) is 1. The largest absolute Gasteiger partial charge is 0.377 e. The predicted octanol–water partition coefficient (Wildman–Crippen LogP) is 1.75. The first-order chi connectivity index (χ1) is 12.1. The molecule has 1 aliphatic heterocycles. The molecule has 1 aromatic heterocycles. The summed E-state index contributed by atoms with van der Waals surface area (Å²) in [6, 6.07) is 5.19. The van der Waals surface area contributed by atoms with Crippen LogP contribution >= 0.6 is 0 Å². The highest BCUT2D eigenvalue weighted by Crippen LogP contribution is 2.32. The minimum Gasteiger partial charge on any atom is -0.377 e. The lowest BCUT2D eigenvalue weighted by atomic mass is 10.1. The molecule has 0 saturated carbocycles. The molecule has 0 spiro atoms. The standard InChI is InChI=1S/C16H21N5O4/c1-12-4-3-5-13(21(22)23)16(12)20-8-6-19(7-9-20)10-15-17-14(11-24-2)18-25-15/h3-5H,6-11H2,1-2H3. The van der Waals surface area contributed by atoms with Gasteiger partial charge in [0.05, 0.1) is 11.5 Å². The van der Waals surface area contributed by atoms with Crippen LogP contribution in [0.1, 0.15) is 17.3 Å². The molecule has 0 radical (unpaired) electrons. The zero-order chi connectivity index (χ0) is 17.8. The average molecular weight is 347 g/mol. The highest BCUT2D eigenvalue weighted by Gasteiger charge is 2.25. The van der Waals surface area contributed by atoms with Crippen molar-refractivity contribution in [2.24, 2.45) is 0 Å². The second kappa shape index (κ2) is 7.58. The summed E-state index contributed by atoms with van der Waals surface area (Å²) in [4.78, 5) is 19.5. The maximum Gasteiger partial charge on any atom is 0.292 e. The summed E-state index contributed by atoms with van der Waals surface area (Å²) in [5, 5.41) is 15.2. The van der Waals surface area contributed by atoms with E-state index in [0.717, 1.165) is 18.7 Å². The van der Waals surface area contributed by atoms with Crippen LogP contribution in [0.4, 0.5) is 11.4 Å². The molecule has 0 amide bonds. The molecule has 3 rings (SSSR count). The van der Waals surface area contributed by atoms with Gasteiger partial charge in [-0.2, -0.15) is 4.98 Å².